The number of aliphatic hydroxyl groups is 2. The van der Waals surface area contributed by atoms with Gasteiger partial charge in [0.15, 0.2) is 11.5 Å². The topological polar surface area (TPSA) is 71.0 Å². The average molecular weight is 225 g/mol. The maximum Gasteiger partial charge on any atom is 0.231 e. The molecule has 0 saturated heterocycles. The molecule has 1 aliphatic heterocycles. The van der Waals surface area contributed by atoms with Gasteiger partial charge in [-0.2, -0.15) is 0 Å². The van der Waals surface area contributed by atoms with E-state index in [1.165, 1.54) is 0 Å². The first-order valence-corrected chi connectivity index (χ1v) is 5.17. The molecule has 0 atom stereocenters. The van der Waals surface area contributed by atoms with Gasteiger partial charge in [0.25, 0.3) is 0 Å². The zero-order valence-electron chi connectivity index (χ0n) is 8.85. The van der Waals surface area contributed by atoms with Gasteiger partial charge in [0.1, 0.15) is 0 Å². The van der Waals surface area contributed by atoms with E-state index >= 15 is 0 Å². The molecule has 0 amide bonds. The zero-order valence-corrected chi connectivity index (χ0v) is 8.85. The van der Waals surface area contributed by atoms with Crippen molar-refractivity contribution in [1.82, 2.24) is 5.32 Å². The molecular weight excluding hydrogens is 210 g/mol. The number of rotatable bonds is 5. The van der Waals surface area contributed by atoms with Crippen LogP contribution in [0, 0.1) is 0 Å². The third kappa shape index (κ3) is 2.44. The fourth-order valence-electron chi connectivity index (χ4n) is 1.50. The minimum absolute atomic E-state index is 0.0823. The molecule has 0 bridgehead atoms. The Morgan fingerprint density at radius 2 is 1.94 bits per heavy atom. The maximum atomic E-state index is 8.89. The molecule has 0 aromatic heterocycles. The molecule has 88 valence electrons. The van der Waals surface area contributed by atoms with Crippen LogP contribution < -0.4 is 14.8 Å². The third-order valence-corrected chi connectivity index (χ3v) is 2.47. The Morgan fingerprint density at radius 3 is 2.69 bits per heavy atom. The number of hydrogen-bond donors (Lipinski definition) is 3. The Morgan fingerprint density at radius 1 is 1.19 bits per heavy atom. The average Bonchev–Trinajstić information content (AvgIpc) is 2.77. The summed E-state index contributed by atoms with van der Waals surface area (Å²) in [6.07, 6.45) is 0. The normalized spacial score (nSPS) is 13.4. The van der Waals surface area contributed by atoms with E-state index in [0.717, 1.165) is 17.1 Å². The van der Waals surface area contributed by atoms with Crippen molar-refractivity contribution in [3.63, 3.8) is 0 Å². The molecule has 0 unspecified atom stereocenters. The monoisotopic (exact) mass is 225 g/mol. The lowest BCUT2D eigenvalue weighted by molar-refractivity contribution is 0.170. The van der Waals surface area contributed by atoms with Crippen LogP contribution in [0.4, 0.5) is 0 Å². The first-order valence-electron chi connectivity index (χ1n) is 5.17. The Balaban J connectivity index is 1.95. The minimum Gasteiger partial charge on any atom is -0.454 e. The van der Waals surface area contributed by atoms with E-state index in [2.05, 4.69) is 5.32 Å². The molecule has 0 radical (unpaired) electrons. The van der Waals surface area contributed by atoms with Crippen LogP contribution in [0.5, 0.6) is 11.5 Å². The van der Waals surface area contributed by atoms with E-state index in [1.54, 1.807) is 0 Å². The van der Waals surface area contributed by atoms with E-state index in [9.17, 15) is 0 Å². The van der Waals surface area contributed by atoms with Gasteiger partial charge in [-0.3, -0.25) is 0 Å². The van der Waals surface area contributed by atoms with Crippen LogP contribution in [0.25, 0.3) is 0 Å². The van der Waals surface area contributed by atoms with Gasteiger partial charge in [0.05, 0.1) is 19.3 Å². The molecule has 1 aromatic carbocycles. The first-order chi connectivity index (χ1) is 7.83. The van der Waals surface area contributed by atoms with Crippen molar-refractivity contribution >= 4 is 0 Å². The van der Waals surface area contributed by atoms with Crippen LogP contribution in [0.1, 0.15) is 5.56 Å². The molecule has 5 heteroatoms. The zero-order chi connectivity index (χ0) is 11.4. The Labute approximate surface area is 93.6 Å². The highest BCUT2D eigenvalue weighted by atomic mass is 16.7. The van der Waals surface area contributed by atoms with Crippen molar-refractivity contribution < 1.29 is 19.7 Å². The molecule has 5 nitrogen and oxygen atoms in total. The Hall–Kier alpha value is -1.30. The lowest BCUT2D eigenvalue weighted by Gasteiger charge is -2.13. The quantitative estimate of drug-likeness (QED) is 0.650. The first kappa shape index (κ1) is 11.2. The fraction of sp³-hybridized carbons (Fsp3) is 0.455. The van der Waals surface area contributed by atoms with Crippen LogP contribution in [-0.4, -0.2) is 36.3 Å². The second kappa shape index (κ2) is 5.16. The van der Waals surface area contributed by atoms with Crippen LogP contribution in [0.15, 0.2) is 18.2 Å². The van der Waals surface area contributed by atoms with Gasteiger partial charge in [-0.05, 0) is 17.7 Å². The number of ether oxygens (including phenoxy) is 2. The molecule has 1 aliphatic rings. The summed E-state index contributed by atoms with van der Waals surface area (Å²) in [5.41, 5.74) is 1.02. The molecule has 1 heterocycles. The van der Waals surface area contributed by atoms with E-state index in [-0.39, 0.29) is 26.0 Å². The summed E-state index contributed by atoms with van der Waals surface area (Å²) in [7, 11) is 0. The molecule has 0 fully saturated rings. The highest BCUT2D eigenvalue weighted by Crippen LogP contribution is 2.32. The van der Waals surface area contributed by atoms with Crippen LogP contribution in [0.2, 0.25) is 0 Å². The van der Waals surface area contributed by atoms with Crippen LogP contribution in [-0.2, 0) is 6.54 Å². The minimum atomic E-state index is -0.287. The third-order valence-electron chi connectivity index (χ3n) is 2.47. The number of fused-ring (bicyclic) bond motifs is 1. The summed E-state index contributed by atoms with van der Waals surface area (Å²) in [5.74, 6) is 1.49. The molecule has 0 aliphatic carbocycles. The molecule has 0 spiro atoms. The van der Waals surface area contributed by atoms with E-state index in [4.69, 9.17) is 19.7 Å². The molecule has 0 saturated carbocycles. The van der Waals surface area contributed by atoms with Crippen LogP contribution >= 0.6 is 0 Å². The summed E-state index contributed by atoms with van der Waals surface area (Å²) < 4.78 is 10.4. The van der Waals surface area contributed by atoms with E-state index < -0.39 is 0 Å². The van der Waals surface area contributed by atoms with Crippen molar-refractivity contribution in [3.05, 3.63) is 23.8 Å². The standard InChI is InChI=1S/C11H15NO4/c13-5-9(6-14)12-4-8-1-2-10-11(3-8)16-7-15-10/h1-3,9,12-14H,4-7H2. The van der Waals surface area contributed by atoms with Crippen LogP contribution in [0.3, 0.4) is 0 Å². The predicted octanol–water partition coefficient (Wildman–Crippen LogP) is -0.142. The largest absolute Gasteiger partial charge is 0.454 e. The van der Waals surface area contributed by atoms with Gasteiger partial charge in [-0.15, -0.1) is 0 Å². The van der Waals surface area contributed by atoms with E-state index in [0.29, 0.717) is 6.54 Å². The number of benzene rings is 1. The Kier molecular flexibility index (Phi) is 3.61. The van der Waals surface area contributed by atoms with Crippen molar-refractivity contribution in [3.8, 4) is 11.5 Å². The number of nitrogens with one attached hydrogen (secondary N) is 1. The van der Waals surface area contributed by atoms with Gasteiger partial charge in [-0.25, -0.2) is 0 Å². The second-order valence-corrected chi connectivity index (χ2v) is 3.63. The maximum absolute atomic E-state index is 8.89. The van der Waals surface area contributed by atoms with Gasteiger partial charge >= 0.3 is 0 Å². The van der Waals surface area contributed by atoms with Gasteiger partial charge in [0.2, 0.25) is 6.79 Å². The molecule has 16 heavy (non-hydrogen) atoms. The summed E-state index contributed by atoms with van der Waals surface area (Å²) in [6.45, 7) is 0.673. The molecule has 3 N–H and O–H groups in total. The summed E-state index contributed by atoms with van der Waals surface area (Å²) in [6, 6.07) is 5.38. The summed E-state index contributed by atoms with van der Waals surface area (Å²) in [5, 5.41) is 20.8. The lowest BCUT2D eigenvalue weighted by Crippen LogP contribution is -2.35. The molecule has 1 aromatic rings. The summed E-state index contributed by atoms with van der Waals surface area (Å²) >= 11 is 0. The predicted molar refractivity (Wildman–Crippen MR) is 57.4 cm³/mol. The van der Waals surface area contributed by atoms with Gasteiger partial charge in [0, 0.05) is 6.54 Å². The number of hydrogen-bond acceptors (Lipinski definition) is 5. The molecule has 2 rings (SSSR count). The SMILES string of the molecule is OCC(CO)NCc1ccc2c(c1)OCO2. The highest BCUT2D eigenvalue weighted by Gasteiger charge is 2.13. The smallest absolute Gasteiger partial charge is 0.231 e. The second-order valence-electron chi connectivity index (χ2n) is 3.63. The van der Waals surface area contributed by atoms with Crippen molar-refractivity contribution in [2.24, 2.45) is 0 Å². The summed E-state index contributed by atoms with van der Waals surface area (Å²) in [4.78, 5) is 0. The van der Waals surface area contributed by atoms with Crippen molar-refractivity contribution in [2.75, 3.05) is 20.0 Å². The number of aliphatic hydroxyl groups excluding tert-OH is 2. The van der Waals surface area contributed by atoms with E-state index in [1.807, 2.05) is 18.2 Å². The van der Waals surface area contributed by atoms with Crippen molar-refractivity contribution in [1.29, 1.82) is 0 Å². The highest BCUT2D eigenvalue weighted by molar-refractivity contribution is 5.44. The lowest BCUT2D eigenvalue weighted by atomic mass is 10.2. The van der Waals surface area contributed by atoms with Gasteiger partial charge in [-0.1, -0.05) is 6.07 Å². The van der Waals surface area contributed by atoms with Gasteiger partial charge < -0.3 is 25.0 Å². The molecular formula is C11H15NO4. The van der Waals surface area contributed by atoms with Crippen molar-refractivity contribution in [2.45, 2.75) is 12.6 Å². The Bertz CT molecular complexity index is 352. The fourth-order valence-corrected chi connectivity index (χ4v) is 1.50.